The molecule has 0 aliphatic carbocycles. The van der Waals surface area contributed by atoms with Crippen LogP contribution in [0, 0.1) is 0 Å². The van der Waals surface area contributed by atoms with E-state index in [1.165, 1.54) is 0 Å². The fourth-order valence-electron chi connectivity index (χ4n) is 1.10. The average molecular weight is 212 g/mol. The van der Waals surface area contributed by atoms with E-state index in [1.807, 2.05) is 6.92 Å². The largest absolute Gasteiger partial charge is 0.343 e. The molecule has 1 aliphatic heterocycles. The molecule has 0 amide bonds. The summed E-state index contributed by atoms with van der Waals surface area (Å²) in [5.74, 6) is 0. The Morgan fingerprint density at radius 3 is 2.93 bits per heavy atom. The van der Waals surface area contributed by atoms with Crippen molar-refractivity contribution in [3.05, 3.63) is 11.8 Å². The molecule has 0 radical (unpaired) electrons. The van der Waals surface area contributed by atoms with Gasteiger partial charge in [-0.25, -0.2) is 0 Å². The number of rotatable bonds is 1. The van der Waals surface area contributed by atoms with Gasteiger partial charge in [0.05, 0.1) is 11.4 Å². The van der Waals surface area contributed by atoms with Crippen LogP contribution in [-0.4, -0.2) is 25.0 Å². The average Bonchev–Trinajstić information content (AvgIpc) is 2.16. The van der Waals surface area contributed by atoms with E-state index < -0.39 is 10.0 Å². The van der Waals surface area contributed by atoms with Gasteiger partial charge >= 0.3 is 10.0 Å². The van der Waals surface area contributed by atoms with E-state index in [0.717, 1.165) is 12.0 Å². The summed E-state index contributed by atoms with van der Waals surface area (Å²) in [6.45, 7) is 1.92. The van der Waals surface area contributed by atoms with E-state index in [-0.39, 0.29) is 5.03 Å². The minimum absolute atomic E-state index is 0.114. The number of aromatic nitrogens is 2. The maximum Gasteiger partial charge on any atom is 0.305 e. The SMILES string of the molecule is CCc1cc2c(nn1)S(=O)(=O)N=CN2. The highest BCUT2D eigenvalue weighted by Gasteiger charge is 2.23. The molecule has 0 spiro atoms. The van der Waals surface area contributed by atoms with E-state index in [0.29, 0.717) is 12.1 Å². The Hall–Kier alpha value is -1.50. The summed E-state index contributed by atoms with van der Waals surface area (Å²) in [5.41, 5.74) is 1.17. The van der Waals surface area contributed by atoms with Gasteiger partial charge in [0.2, 0.25) is 5.03 Å². The Morgan fingerprint density at radius 1 is 1.43 bits per heavy atom. The number of sulfonamides is 1. The maximum absolute atomic E-state index is 11.3. The second-order valence-electron chi connectivity index (χ2n) is 2.76. The highest BCUT2D eigenvalue weighted by atomic mass is 32.2. The van der Waals surface area contributed by atoms with Crippen molar-refractivity contribution in [2.75, 3.05) is 5.32 Å². The molecule has 0 saturated heterocycles. The Labute approximate surface area is 81.1 Å². The van der Waals surface area contributed by atoms with Gasteiger partial charge < -0.3 is 5.32 Å². The fourth-order valence-corrected chi connectivity index (χ4v) is 1.93. The number of aryl methyl sites for hydroxylation is 1. The summed E-state index contributed by atoms with van der Waals surface area (Å²) >= 11 is 0. The molecule has 0 unspecified atom stereocenters. The molecule has 2 rings (SSSR count). The van der Waals surface area contributed by atoms with Gasteiger partial charge in [-0.3, -0.25) is 0 Å². The monoisotopic (exact) mass is 212 g/mol. The topological polar surface area (TPSA) is 84.3 Å². The predicted molar refractivity (Wildman–Crippen MR) is 50.7 cm³/mol. The molecule has 0 fully saturated rings. The van der Waals surface area contributed by atoms with E-state index >= 15 is 0 Å². The second kappa shape index (κ2) is 3.02. The minimum Gasteiger partial charge on any atom is -0.343 e. The van der Waals surface area contributed by atoms with Crippen molar-refractivity contribution in [1.82, 2.24) is 10.2 Å². The zero-order valence-corrected chi connectivity index (χ0v) is 8.24. The smallest absolute Gasteiger partial charge is 0.305 e. The zero-order valence-electron chi connectivity index (χ0n) is 7.43. The molecule has 6 nitrogen and oxygen atoms in total. The molecule has 74 valence electrons. The molecule has 0 saturated carbocycles. The van der Waals surface area contributed by atoms with Crippen LogP contribution in [0.4, 0.5) is 5.69 Å². The van der Waals surface area contributed by atoms with Crippen molar-refractivity contribution in [3.63, 3.8) is 0 Å². The van der Waals surface area contributed by atoms with Gasteiger partial charge in [0, 0.05) is 0 Å². The van der Waals surface area contributed by atoms with E-state index in [2.05, 4.69) is 19.9 Å². The lowest BCUT2D eigenvalue weighted by atomic mass is 10.3. The van der Waals surface area contributed by atoms with Crippen LogP contribution in [0.15, 0.2) is 15.5 Å². The molecular weight excluding hydrogens is 204 g/mol. The molecule has 14 heavy (non-hydrogen) atoms. The standard InChI is InChI=1S/C7H8N4O2S/c1-2-5-3-6-7(11-10-5)14(12,13)9-4-8-6/h3-4H,2H2,1H3,(H,8,9). The summed E-state index contributed by atoms with van der Waals surface area (Å²) in [7, 11) is -3.63. The summed E-state index contributed by atoms with van der Waals surface area (Å²) in [4.78, 5) is 0. The number of fused-ring (bicyclic) bond motifs is 1. The molecule has 7 heteroatoms. The fraction of sp³-hybridized carbons (Fsp3) is 0.286. The third-order valence-corrected chi connectivity index (χ3v) is 3.00. The molecule has 0 aromatic carbocycles. The maximum atomic E-state index is 11.3. The molecule has 0 atom stereocenters. The van der Waals surface area contributed by atoms with Gasteiger partial charge in [0.15, 0.2) is 0 Å². The molecule has 0 bridgehead atoms. The summed E-state index contributed by atoms with van der Waals surface area (Å²) in [6, 6.07) is 1.66. The first-order valence-electron chi connectivity index (χ1n) is 4.05. The van der Waals surface area contributed by atoms with Crippen LogP contribution >= 0.6 is 0 Å². The Kier molecular flexibility index (Phi) is 1.95. The minimum atomic E-state index is -3.63. The van der Waals surface area contributed by atoms with Crippen molar-refractivity contribution < 1.29 is 8.42 Å². The quantitative estimate of drug-likeness (QED) is 0.717. The first-order chi connectivity index (χ1) is 6.63. The Morgan fingerprint density at radius 2 is 2.21 bits per heavy atom. The van der Waals surface area contributed by atoms with E-state index in [9.17, 15) is 8.42 Å². The number of hydrogen-bond donors (Lipinski definition) is 1. The van der Waals surface area contributed by atoms with E-state index in [1.54, 1.807) is 6.07 Å². The van der Waals surface area contributed by atoms with Crippen LogP contribution < -0.4 is 5.32 Å². The molecule has 1 N–H and O–H groups in total. The van der Waals surface area contributed by atoms with Gasteiger partial charge in [-0.15, -0.1) is 9.50 Å². The van der Waals surface area contributed by atoms with Crippen LogP contribution in [-0.2, 0) is 16.4 Å². The van der Waals surface area contributed by atoms with Crippen LogP contribution in [0.1, 0.15) is 12.6 Å². The lowest BCUT2D eigenvalue weighted by molar-refractivity contribution is 0.591. The molecule has 1 aromatic rings. The van der Waals surface area contributed by atoms with Gasteiger partial charge in [-0.05, 0) is 12.5 Å². The van der Waals surface area contributed by atoms with Crippen molar-refractivity contribution in [2.24, 2.45) is 4.40 Å². The van der Waals surface area contributed by atoms with Crippen LogP contribution in [0.25, 0.3) is 0 Å². The van der Waals surface area contributed by atoms with Gasteiger partial charge in [0.1, 0.15) is 6.34 Å². The highest BCUT2D eigenvalue weighted by Crippen LogP contribution is 2.22. The summed E-state index contributed by atoms with van der Waals surface area (Å²) in [6.07, 6.45) is 1.85. The van der Waals surface area contributed by atoms with Crippen molar-refractivity contribution in [3.8, 4) is 0 Å². The third kappa shape index (κ3) is 1.35. The highest BCUT2D eigenvalue weighted by molar-refractivity contribution is 7.90. The van der Waals surface area contributed by atoms with Gasteiger partial charge in [-0.1, -0.05) is 6.92 Å². The first-order valence-corrected chi connectivity index (χ1v) is 5.49. The van der Waals surface area contributed by atoms with Crippen molar-refractivity contribution in [2.45, 2.75) is 18.4 Å². The summed E-state index contributed by atoms with van der Waals surface area (Å²) in [5, 5.41) is 10.00. The number of nitrogens with one attached hydrogen (secondary N) is 1. The third-order valence-electron chi connectivity index (χ3n) is 1.83. The van der Waals surface area contributed by atoms with Crippen LogP contribution in [0.5, 0.6) is 0 Å². The predicted octanol–water partition coefficient (Wildman–Crippen LogP) is 0.181. The Bertz CT molecular complexity index is 494. The molecule has 1 aliphatic rings. The Balaban J connectivity index is 2.62. The van der Waals surface area contributed by atoms with Crippen molar-refractivity contribution in [1.29, 1.82) is 0 Å². The molecule has 2 heterocycles. The molecule has 1 aromatic heterocycles. The number of anilines is 1. The normalized spacial score (nSPS) is 17.2. The van der Waals surface area contributed by atoms with E-state index in [4.69, 9.17) is 0 Å². The van der Waals surface area contributed by atoms with Gasteiger partial charge in [-0.2, -0.15) is 13.5 Å². The first kappa shape index (κ1) is 9.07. The zero-order chi connectivity index (χ0) is 10.2. The van der Waals surface area contributed by atoms with Crippen molar-refractivity contribution >= 4 is 22.0 Å². The number of nitrogens with zero attached hydrogens (tertiary/aromatic N) is 3. The lowest BCUT2D eigenvalue weighted by Crippen LogP contribution is -2.14. The lowest BCUT2D eigenvalue weighted by Gasteiger charge is -2.10. The summed E-state index contributed by atoms with van der Waals surface area (Å²) < 4.78 is 26.0. The van der Waals surface area contributed by atoms with Crippen LogP contribution in [0.3, 0.4) is 0 Å². The van der Waals surface area contributed by atoms with Gasteiger partial charge in [0.25, 0.3) is 0 Å². The van der Waals surface area contributed by atoms with Crippen LogP contribution in [0.2, 0.25) is 0 Å². The second-order valence-corrected chi connectivity index (χ2v) is 4.31. The molecular formula is C7H8N4O2S. The number of hydrogen-bond acceptors (Lipinski definition) is 5.